The van der Waals surface area contributed by atoms with Gasteiger partial charge in [-0.1, -0.05) is 61.4 Å². The summed E-state index contributed by atoms with van der Waals surface area (Å²) in [7, 11) is 2.21. The van der Waals surface area contributed by atoms with Crippen LogP contribution in [0.3, 0.4) is 0 Å². The van der Waals surface area contributed by atoms with E-state index in [1.54, 1.807) is 11.3 Å². The monoisotopic (exact) mass is 425 g/mol. The predicted molar refractivity (Wildman–Crippen MR) is 124 cm³/mol. The summed E-state index contributed by atoms with van der Waals surface area (Å²) in [6, 6.07) is 16.9. The van der Waals surface area contributed by atoms with E-state index in [2.05, 4.69) is 40.4 Å². The van der Waals surface area contributed by atoms with Gasteiger partial charge < -0.3 is 5.32 Å². The number of thioether (sulfide) groups is 1. The van der Waals surface area contributed by atoms with E-state index in [1.807, 2.05) is 30.3 Å². The highest BCUT2D eigenvalue weighted by atomic mass is 32.2. The summed E-state index contributed by atoms with van der Waals surface area (Å²) in [5, 5.41) is 3.11. The molecule has 4 nitrogen and oxygen atoms in total. The van der Waals surface area contributed by atoms with Gasteiger partial charge in [0.05, 0.1) is 16.0 Å². The molecule has 2 aromatic carbocycles. The first-order valence-corrected chi connectivity index (χ1v) is 12.1. The van der Waals surface area contributed by atoms with Gasteiger partial charge in [0.25, 0.3) is 0 Å². The Morgan fingerprint density at radius 3 is 2.72 bits per heavy atom. The van der Waals surface area contributed by atoms with Gasteiger partial charge in [0.2, 0.25) is 5.91 Å². The highest BCUT2D eigenvalue weighted by Crippen LogP contribution is 2.29. The van der Waals surface area contributed by atoms with Gasteiger partial charge in [0, 0.05) is 18.3 Å². The molecule has 6 heteroatoms. The molecule has 29 heavy (non-hydrogen) atoms. The van der Waals surface area contributed by atoms with Crippen LogP contribution in [0.5, 0.6) is 0 Å². The second-order valence-electron chi connectivity index (χ2n) is 7.65. The Hall–Kier alpha value is -1.89. The summed E-state index contributed by atoms with van der Waals surface area (Å²) in [5.74, 6) is 0.383. The van der Waals surface area contributed by atoms with Crippen molar-refractivity contribution < 1.29 is 4.79 Å². The van der Waals surface area contributed by atoms with Gasteiger partial charge in [0.15, 0.2) is 4.34 Å². The number of para-hydroxylation sites is 2. The van der Waals surface area contributed by atoms with Gasteiger partial charge in [0.1, 0.15) is 0 Å². The lowest BCUT2D eigenvalue weighted by Gasteiger charge is -2.31. The van der Waals surface area contributed by atoms with Crippen molar-refractivity contribution in [2.75, 3.05) is 18.1 Å². The minimum Gasteiger partial charge on any atom is -0.325 e. The number of hydrogen-bond acceptors (Lipinski definition) is 5. The summed E-state index contributed by atoms with van der Waals surface area (Å²) in [4.78, 5) is 19.6. The molecule has 1 aliphatic carbocycles. The summed E-state index contributed by atoms with van der Waals surface area (Å²) in [6.07, 6.45) is 6.59. The molecule has 1 heterocycles. The van der Waals surface area contributed by atoms with E-state index in [0.29, 0.717) is 11.8 Å². The van der Waals surface area contributed by atoms with Crippen LogP contribution >= 0.6 is 23.1 Å². The Bertz CT molecular complexity index is 932. The Labute approximate surface area is 180 Å². The van der Waals surface area contributed by atoms with Gasteiger partial charge >= 0.3 is 0 Å². The van der Waals surface area contributed by atoms with Gasteiger partial charge in [-0.05, 0) is 43.7 Å². The van der Waals surface area contributed by atoms with Crippen molar-refractivity contribution in [1.29, 1.82) is 0 Å². The quantitative estimate of drug-likeness (QED) is 0.487. The van der Waals surface area contributed by atoms with Crippen LogP contribution in [0.15, 0.2) is 52.9 Å². The van der Waals surface area contributed by atoms with Crippen molar-refractivity contribution in [2.24, 2.45) is 0 Å². The van der Waals surface area contributed by atoms with E-state index < -0.39 is 0 Å². The molecule has 0 aliphatic heterocycles. The van der Waals surface area contributed by atoms with E-state index in [9.17, 15) is 4.79 Å². The number of amides is 1. The van der Waals surface area contributed by atoms with Gasteiger partial charge in [-0.15, -0.1) is 11.3 Å². The fourth-order valence-corrected chi connectivity index (χ4v) is 5.79. The second kappa shape index (κ2) is 9.74. The molecule has 4 rings (SSSR count). The number of rotatable bonds is 7. The first-order chi connectivity index (χ1) is 14.2. The zero-order valence-electron chi connectivity index (χ0n) is 16.8. The molecule has 0 atom stereocenters. The smallest absolute Gasteiger partial charge is 0.234 e. The molecule has 1 aromatic heterocycles. The van der Waals surface area contributed by atoms with E-state index in [4.69, 9.17) is 0 Å². The summed E-state index contributed by atoms with van der Waals surface area (Å²) < 4.78 is 2.10. The van der Waals surface area contributed by atoms with Crippen LogP contribution in [0.1, 0.15) is 37.7 Å². The van der Waals surface area contributed by atoms with Gasteiger partial charge in [-0.3, -0.25) is 9.69 Å². The molecule has 1 amide bonds. The summed E-state index contributed by atoms with van der Waals surface area (Å²) >= 11 is 3.14. The number of fused-ring (bicyclic) bond motifs is 1. The third kappa shape index (κ3) is 5.38. The first-order valence-electron chi connectivity index (χ1n) is 10.3. The van der Waals surface area contributed by atoms with Gasteiger partial charge in [-0.25, -0.2) is 4.98 Å². The third-order valence-corrected chi connectivity index (χ3v) is 7.69. The van der Waals surface area contributed by atoms with Crippen LogP contribution in [0.2, 0.25) is 0 Å². The SMILES string of the molecule is CN(Cc1ccccc1NC(=O)CSc1nc2ccccc2s1)C1CCCCC1. The molecule has 1 saturated carbocycles. The largest absolute Gasteiger partial charge is 0.325 e. The Balaban J connectivity index is 1.35. The Kier molecular flexibility index (Phi) is 6.85. The Morgan fingerprint density at radius 1 is 1.14 bits per heavy atom. The minimum atomic E-state index is 0.0158. The van der Waals surface area contributed by atoms with Crippen LogP contribution in [0, 0.1) is 0 Å². The van der Waals surface area contributed by atoms with E-state index in [1.165, 1.54) is 49.4 Å². The maximum atomic E-state index is 12.6. The number of nitrogens with one attached hydrogen (secondary N) is 1. The lowest BCUT2D eigenvalue weighted by atomic mass is 9.94. The van der Waals surface area contributed by atoms with E-state index in [-0.39, 0.29) is 5.91 Å². The predicted octanol–water partition coefficient (Wildman–Crippen LogP) is 5.79. The molecule has 0 saturated heterocycles. The van der Waals surface area contributed by atoms with Crippen molar-refractivity contribution in [3.63, 3.8) is 0 Å². The fraction of sp³-hybridized carbons (Fsp3) is 0.391. The summed E-state index contributed by atoms with van der Waals surface area (Å²) in [6.45, 7) is 0.867. The number of hydrogen-bond donors (Lipinski definition) is 1. The summed E-state index contributed by atoms with van der Waals surface area (Å²) in [5.41, 5.74) is 3.10. The van der Waals surface area contributed by atoms with Gasteiger partial charge in [-0.2, -0.15) is 0 Å². The molecule has 0 bridgehead atoms. The fourth-order valence-electron chi connectivity index (χ4n) is 3.93. The number of carbonyl (C=O) groups is 1. The molecule has 1 N–H and O–H groups in total. The zero-order valence-corrected chi connectivity index (χ0v) is 18.4. The number of nitrogens with zero attached hydrogens (tertiary/aromatic N) is 2. The second-order valence-corrected chi connectivity index (χ2v) is 9.90. The van der Waals surface area contributed by atoms with Crippen molar-refractivity contribution in [2.45, 2.75) is 49.0 Å². The van der Waals surface area contributed by atoms with E-state index in [0.717, 1.165) is 26.8 Å². The molecule has 0 spiro atoms. The molecular weight excluding hydrogens is 398 g/mol. The first kappa shape index (κ1) is 20.4. The highest BCUT2D eigenvalue weighted by Gasteiger charge is 2.19. The van der Waals surface area contributed by atoms with Crippen LogP contribution < -0.4 is 5.32 Å². The van der Waals surface area contributed by atoms with Crippen LogP contribution in [0.25, 0.3) is 10.2 Å². The normalized spacial score (nSPS) is 15.1. The average Bonchev–Trinajstić information content (AvgIpc) is 3.17. The van der Waals surface area contributed by atoms with Crippen LogP contribution in [-0.4, -0.2) is 34.6 Å². The van der Waals surface area contributed by atoms with Crippen molar-refractivity contribution in [3.8, 4) is 0 Å². The molecular formula is C23H27N3OS2. The lowest BCUT2D eigenvalue weighted by molar-refractivity contribution is -0.113. The maximum Gasteiger partial charge on any atom is 0.234 e. The zero-order chi connectivity index (χ0) is 20.1. The van der Waals surface area contributed by atoms with E-state index >= 15 is 0 Å². The number of anilines is 1. The molecule has 0 radical (unpaired) electrons. The van der Waals surface area contributed by atoms with Crippen molar-refractivity contribution >= 4 is 44.9 Å². The highest BCUT2D eigenvalue weighted by molar-refractivity contribution is 8.01. The topological polar surface area (TPSA) is 45.2 Å². The molecule has 3 aromatic rings. The Morgan fingerprint density at radius 2 is 1.90 bits per heavy atom. The standard InChI is InChI=1S/C23H27N3OS2/c1-26(18-10-3-2-4-11-18)15-17-9-5-6-12-19(17)24-22(27)16-28-23-25-20-13-7-8-14-21(20)29-23/h5-9,12-14,18H,2-4,10-11,15-16H2,1H3,(H,24,27). The minimum absolute atomic E-state index is 0.0158. The number of benzene rings is 2. The molecule has 0 unspecified atom stereocenters. The lowest BCUT2D eigenvalue weighted by Crippen LogP contribution is -2.33. The molecule has 1 aliphatic rings. The maximum absolute atomic E-state index is 12.6. The number of aromatic nitrogens is 1. The van der Waals surface area contributed by atoms with Crippen LogP contribution in [0.4, 0.5) is 5.69 Å². The number of carbonyl (C=O) groups excluding carboxylic acids is 1. The number of thiazole rings is 1. The average molecular weight is 426 g/mol. The van der Waals surface area contributed by atoms with Crippen molar-refractivity contribution in [1.82, 2.24) is 9.88 Å². The third-order valence-electron chi connectivity index (χ3n) is 5.51. The van der Waals surface area contributed by atoms with Crippen LogP contribution in [-0.2, 0) is 11.3 Å². The molecule has 152 valence electrons. The molecule has 1 fully saturated rings. The van der Waals surface area contributed by atoms with Crippen molar-refractivity contribution in [3.05, 3.63) is 54.1 Å².